The minimum Gasteiger partial charge on any atom is -0.461 e. The largest absolute Gasteiger partial charge is 0.461 e. The van der Waals surface area contributed by atoms with Crippen LogP contribution in [-0.4, -0.2) is 102 Å². The molecule has 4 saturated heterocycles. The number of fused-ring (bicyclic) bond motifs is 2. The van der Waals surface area contributed by atoms with E-state index in [1.807, 2.05) is 16.7 Å². The summed E-state index contributed by atoms with van der Waals surface area (Å²) in [6, 6.07) is 1.71. The molecule has 1 aromatic carbocycles. The van der Waals surface area contributed by atoms with Crippen LogP contribution in [0.25, 0.3) is 22.2 Å². The van der Waals surface area contributed by atoms with Crippen molar-refractivity contribution in [2.45, 2.75) is 63.0 Å². The van der Waals surface area contributed by atoms with E-state index in [9.17, 15) is 22.4 Å². The van der Waals surface area contributed by atoms with E-state index in [1.54, 1.807) is 4.90 Å². The van der Waals surface area contributed by atoms with Gasteiger partial charge in [-0.2, -0.15) is 27.8 Å². The van der Waals surface area contributed by atoms with Gasteiger partial charge in [0.15, 0.2) is 5.82 Å². The van der Waals surface area contributed by atoms with E-state index in [1.165, 1.54) is 19.3 Å². The van der Waals surface area contributed by atoms with E-state index in [0.717, 1.165) is 17.2 Å². The second-order valence-corrected chi connectivity index (χ2v) is 15.0. The van der Waals surface area contributed by atoms with Crippen molar-refractivity contribution in [3.05, 3.63) is 45.7 Å². The summed E-state index contributed by atoms with van der Waals surface area (Å²) in [6.07, 6.45) is -2.39. The SMILES string of the molecule is Cc1cc(N)nc(-c2c(Cl)cc3c(N4CC[C@]5(C4)[C@@H](C)CN5C(=O)n4cnc(Cl)n4)nc(OC[C@@]45CCCN4C[C@H](F)C5)nc3c2F)c1C(F)(F)F. The van der Waals surface area contributed by atoms with Gasteiger partial charge in [-0.1, -0.05) is 18.5 Å². The lowest BCUT2D eigenvalue weighted by molar-refractivity contribution is -0.137. The first-order valence-electron chi connectivity index (χ1n) is 16.8. The zero-order valence-electron chi connectivity index (χ0n) is 28.0. The third kappa shape index (κ3) is 5.49. The van der Waals surface area contributed by atoms with Crippen LogP contribution in [0.2, 0.25) is 10.3 Å². The Morgan fingerprint density at radius 1 is 1.13 bits per heavy atom. The maximum Gasteiger partial charge on any atom is 0.418 e. The van der Waals surface area contributed by atoms with Crippen LogP contribution in [-0.2, 0) is 6.18 Å². The van der Waals surface area contributed by atoms with E-state index < -0.39 is 52.1 Å². The Bertz CT molecular complexity index is 2120. The van der Waals surface area contributed by atoms with Gasteiger partial charge in [0.1, 0.15) is 36.3 Å². The molecule has 0 aliphatic carbocycles. The van der Waals surface area contributed by atoms with Crippen LogP contribution in [0.5, 0.6) is 6.01 Å². The monoisotopic (exact) mass is 766 g/mol. The average Bonchev–Trinajstić information content (AvgIpc) is 3.85. The number of likely N-dealkylation sites (tertiary alicyclic amines) is 1. The number of nitrogen functional groups attached to an aromatic ring is 1. The highest BCUT2D eigenvalue weighted by Crippen LogP contribution is 2.48. The third-order valence-electron chi connectivity index (χ3n) is 11.2. The van der Waals surface area contributed by atoms with Crippen molar-refractivity contribution in [3.63, 3.8) is 0 Å². The molecule has 12 nitrogen and oxygen atoms in total. The van der Waals surface area contributed by atoms with E-state index in [4.69, 9.17) is 38.7 Å². The Kier molecular flexibility index (Phi) is 8.22. The van der Waals surface area contributed by atoms with Crippen molar-refractivity contribution in [1.29, 1.82) is 0 Å². The summed E-state index contributed by atoms with van der Waals surface area (Å²) in [5, 5.41) is 3.62. The highest BCUT2D eigenvalue weighted by Gasteiger charge is 2.57. The smallest absolute Gasteiger partial charge is 0.418 e. The number of rotatable bonds is 5. The Hall–Kier alpha value is -4.09. The van der Waals surface area contributed by atoms with Gasteiger partial charge in [0.2, 0.25) is 5.28 Å². The number of pyridine rings is 1. The topological polar surface area (TPSA) is 131 Å². The van der Waals surface area contributed by atoms with E-state index in [2.05, 4.69) is 20.1 Å². The predicted molar refractivity (Wildman–Crippen MR) is 182 cm³/mol. The third-order valence-corrected chi connectivity index (χ3v) is 11.7. The molecule has 276 valence electrons. The molecule has 52 heavy (non-hydrogen) atoms. The number of carbonyl (C=O) groups excluding carboxylic acids is 1. The number of alkyl halides is 4. The van der Waals surface area contributed by atoms with Crippen LogP contribution in [0.3, 0.4) is 0 Å². The summed E-state index contributed by atoms with van der Waals surface area (Å²) in [7, 11) is 0. The lowest BCUT2D eigenvalue weighted by Crippen LogP contribution is -2.70. The number of hydrogen-bond donors (Lipinski definition) is 1. The molecule has 0 bridgehead atoms. The number of benzene rings is 1. The molecule has 4 aliphatic rings. The Balaban J connectivity index is 1.23. The summed E-state index contributed by atoms with van der Waals surface area (Å²) in [4.78, 5) is 35.9. The van der Waals surface area contributed by atoms with Crippen LogP contribution in [0.4, 0.5) is 38.4 Å². The van der Waals surface area contributed by atoms with Gasteiger partial charge in [0.05, 0.1) is 32.9 Å². The standard InChI is InChI=1S/C33H33Cl2F5N10O2/c1-16-8-21(41)43-26(23(16)33(38,39)40)22-20(34)9-19-25(24(22)37)44-29(52-14-31-4-3-6-48(31)12-18(36)10-31)45-27(19)47-7-5-32(13-47)17(2)11-49(32)30(51)50-15-42-28(35)46-50/h8-9,15,17-18H,3-7,10-14H2,1-2H3,(H2,41,43)/t17-,18+,31-,32-/m0/s1. The fourth-order valence-corrected chi connectivity index (χ4v) is 9.10. The van der Waals surface area contributed by atoms with E-state index in [-0.39, 0.29) is 76.5 Å². The van der Waals surface area contributed by atoms with E-state index >= 15 is 4.39 Å². The Morgan fingerprint density at radius 3 is 2.63 bits per heavy atom. The van der Waals surface area contributed by atoms with Crippen molar-refractivity contribution in [3.8, 4) is 17.3 Å². The van der Waals surface area contributed by atoms with Gasteiger partial charge >= 0.3 is 18.2 Å². The number of carbonyl (C=O) groups is 1. The molecule has 8 rings (SSSR count). The molecule has 1 amide bonds. The first-order valence-corrected chi connectivity index (χ1v) is 17.6. The second-order valence-electron chi connectivity index (χ2n) is 14.3. The van der Waals surface area contributed by atoms with Crippen LogP contribution < -0.4 is 15.4 Å². The Labute approximate surface area is 304 Å². The molecule has 4 fully saturated rings. The average molecular weight is 768 g/mol. The molecule has 4 aliphatic heterocycles. The normalized spacial score (nSPS) is 26.1. The van der Waals surface area contributed by atoms with Gasteiger partial charge in [-0.25, -0.2) is 23.5 Å². The fourth-order valence-electron chi connectivity index (χ4n) is 8.69. The number of aromatic nitrogens is 6. The quantitative estimate of drug-likeness (QED) is 0.236. The zero-order valence-corrected chi connectivity index (χ0v) is 29.5. The van der Waals surface area contributed by atoms with Crippen molar-refractivity contribution >= 4 is 51.8 Å². The molecule has 19 heteroatoms. The molecule has 3 aromatic heterocycles. The van der Waals surface area contributed by atoms with Gasteiger partial charge in [-0.3, -0.25) is 4.90 Å². The predicted octanol–water partition coefficient (Wildman–Crippen LogP) is 6.16. The zero-order chi connectivity index (χ0) is 36.9. The van der Waals surface area contributed by atoms with Crippen molar-refractivity contribution < 1.29 is 31.5 Å². The number of nitrogens with zero attached hydrogens (tertiary/aromatic N) is 9. The highest BCUT2D eigenvalue weighted by molar-refractivity contribution is 6.34. The van der Waals surface area contributed by atoms with Gasteiger partial charge < -0.3 is 20.3 Å². The van der Waals surface area contributed by atoms with Crippen molar-refractivity contribution in [2.75, 3.05) is 50.0 Å². The van der Waals surface area contributed by atoms with Crippen LogP contribution in [0.15, 0.2) is 18.5 Å². The van der Waals surface area contributed by atoms with Crippen molar-refractivity contribution in [2.24, 2.45) is 5.92 Å². The van der Waals surface area contributed by atoms with Gasteiger partial charge in [0, 0.05) is 38.0 Å². The maximum atomic E-state index is 16.9. The maximum absolute atomic E-state index is 16.9. The number of ether oxygens (including phenoxy) is 1. The second kappa shape index (κ2) is 12.2. The molecule has 2 N–H and O–H groups in total. The minimum atomic E-state index is -4.91. The van der Waals surface area contributed by atoms with Gasteiger partial charge in [0.25, 0.3) is 0 Å². The first-order chi connectivity index (χ1) is 24.6. The number of halogens is 7. The lowest BCUT2D eigenvalue weighted by atomic mass is 9.74. The summed E-state index contributed by atoms with van der Waals surface area (Å²) in [6.45, 7) is 5.31. The van der Waals surface area contributed by atoms with Gasteiger partial charge in [-0.05, 0) is 67.9 Å². The highest BCUT2D eigenvalue weighted by atomic mass is 35.5. The summed E-state index contributed by atoms with van der Waals surface area (Å²) in [5.74, 6) is -1.16. The molecule has 1 spiro atoms. The molecule has 4 atom stereocenters. The van der Waals surface area contributed by atoms with E-state index in [0.29, 0.717) is 32.5 Å². The van der Waals surface area contributed by atoms with Gasteiger partial charge in [-0.15, -0.1) is 5.10 Å². The number of aryl methyl sites for hydroxylation is 1. The molecular formula is C33H33Cl2F5N10O2. The Morgan fingerprint density at radius 2 is 1.92 bits per heavy atom. The molecule has 0 radical (unpaired) electrons. The summed E-state index contributed by atoms with van der Waals surface area (Å²) >= 11 is 12.5. The molecular weight excluding hydrogens is 734 g/mol. The molecule has 0 unspecified atom stereocenters. The van der Waals surface area contributed by atoms with Crippen LogP contribution >= 0.6 is 23.2 Å². The molecule has 7 heterocycles. The first kappa shape index (κ1) is 35.0. The number of nitrogens with two attached hydrogens (primary N) is 1. The molecule has 4 aromatic rings. The van der Waals surface area contributed by atoms with Crippen LogP contribution in [0, 0.1) is 18.7 Å². The summed E-state index contributed by atoms with van der Waals surface area (Å²) < 4.78 is 81.9. The number of hydrogen-bond acceptors (Lipinski definition) is 10. The molecule has 0 saturated carbocycles. The van der Waals surface area contributed by atoms with Crippen molar-refractivity contribution in [1.82, 2.24) is 39.5 Å². The summed E-state index contributed by atoms with van der Waals surface area (Å²) in [5.41, 5.74) is 1.41. The number of anilines is 2. The number of amides is 1. The van der Waals surface area contributed by atoms with Crippen LogP contribution in [0.1, 0.15) is 43.7 Å². The fraction of sp³-hybridized carbons (Fsp3) is 0.515. The minimum absolute atomic E-state index is 0.0261. The lowest BCUT2D eigenvalue weighted by Gasteiger charge is -2.55.